The summed E-state index contributed by atoms with van der Waals surface area (Å²) in [5.41, 5.74) is 8.22. The average Bonchev–Trinajstić information content (AvgIpc) is 3.22. The Hall–Kier alpha value is -2.00. The molecule has 0 radical (unpaired) electrons. The molecule has 0 aliphatic carbocycles. The summed E-state index contributed by atoms with van der Waals surface area (Å²) in [4.78, 5) is 27.1. The fourth-order valence-electron chi connectivity index (χ4n) is 3.46. The van der Waals surface area contributed by atoms with Crippen LogP contribution in [0.2, 0.25) is 0 Å². The van der Waals surface area contributed by atoms with Gasteiger partial charge in [0.2, 0.25) is 5.91 Å². The zero-order valence-electron chi connectivity index (χ0n) is 16.2. The number of hydrogen-bond acceptors (Lipinski definition) is 7. The second-order valence-corrected chi connectivity index (χ2v) is 7.35. The van der Waals surface area contributed by atoms with Crippen LogP contribution < -0.4 is 21.5 Å². The van der Waals surface area contributed by atoms with Gasteiger partial charge in [0.1, 0.15) is 6.04 Å². The van der Waals surface area contributed by atoms with Crippen molar-refractivity contribution in [3.05, 3.63) is 29.3 Å². The molecule has 1 aromatic rings. The van der Waals surface area contributed by atoms with Crippen molar-refractivity contribution in [3.8, 4) is 0 Å². The van der Waals surface area contributed by atoms with E-state index >= 15 is 0 Å². The van der Waals surface area contributed by atoms with E-state index in [1.807, 2.05) is 6.07 Å². The molecule has 3 rings (SSSR count). The summed E-state index contributed by atoms with van der Waals surface area (Å²) in [6.07, 6.45) is 1.82. The van der Waals surface area contributed by atoms with Crippen molar-refractivity contribution < 1.29 is 14.3 Å². The first-order chi connectivity index (χ1) is 13.0. The molecule has 0 spiro atoms. The normalized spacial score (nSPS) is 23.4. The van der Waals surface area contributed by atoms with Crippen molar-refractivity contribution in [3.63, 3.8) is 0 Å². The molecule has 4 N–H and O–H groups in total. The molecule has 148 valence electrons. The van der Waals surface area contributed by atoms with Crippen LogP contribution in [0, 0.1) is 0 Å². The number of anilines is 1. The fourth-order valence-corrected chi connectivity index (χ4v) is 3.46. The van der Waals surface area contributed by atoms with Gasteiger partial charge in [0.25, 0.3) is 0 Å². The first kappa shape index (κ1) is 19.8. The molecular weight excluding hydrogens is 346 g/mol. The number of nitrogens with one attached hydrogen (secondary N) is 4. The van der Waals surface area contributed by atoms with Gasteiger partial charge in [0.05, 0.1) is 24.5 Å². The van der Waals surface area contributed by atoms with Crippen LogP contribution in [0.4, 0.5) is 5.69 Å². The molecule has 0 bridgehead atoms. The number of ether oxygens (including phenoxy) is 1. The van der Waals surface area contributed by atoms with Crippen LogP contribution >= 0.6 is 0 Å². The summed E-state index contributed by atoms with van der Waals surface area (Å²) >= 11 is 0. The number of hydrogen-bond donors (Lipinski definition) is 4. The lowest BCUT2D eigenvalue weighted by Crippen LogP contribution is -2.60. The number of carbonyl (C=O) groups is 2. The van der Waals surface area contributed by atoms with Crippen molar-refractivity contribution >= 4 is 17.6 Å². The Balaban J connectivity index is 1.64. The molecule has 2 aliphatic rings. The van der Waals surface area contributed by atoms with Gasteiger partial charge in [-0.2, -0.15) is 0 Å². The molecule has 2 fully saturated rings. The summed E-state index contributed by atoms with van der Waals surface area (Å²) in [7, 11) is 1.34. The van der Waals surface area contributed by atoms with Crippen LogP contribution in [0.3, 0.4) is 0 Å². The number of esters is 1. The number of nitrogens with zero attached hydrogens (tertiary/aromatic N) is 1. The molecule has 2 atom stereocenters. The summed E-state index contributed by atoms with van der Waals surface area (Å²) in [6.45, 7) is 6.96. The van der Waals surface area contributed by atoms with Crippen LogP contribution in [-0.4, -0.2) is 55.9 Å². The van der Waals surface area contributed by atoms with E-state index < -0.39 is 5.97 Å². The number of benzene rings is 1. The molecule has 2 heterocycles. The molecule has 0 aromatic heterocycles. The predicted octanol–water partition coefficient (Wildman–Crippen LogP) is 0.981. The number of methoxy groups -OCH3 is 1. The van der Waals surface area contributed by atoms with E-state index in [2.05, 4.69) is 40.2 Å². The number of amides is 1. The Morgan fingerprint density at radius 1 is 1.26 bits per heavy atom. The van der Waals surface area contributed by atoms with Crippen LogP contribution in [0.5, 0.6) is 0 Å². The zero-order valence-corrected chi connectivity index (χ0v) is 16.2. The summed E-state index contributed by atoms with van der Waals surface area (Å²) < 4.78 is 4.88. The Morgan fingerprint density at radius 2 is 2.07 bits per heavy atom. The van der Waals surface area contributed by atoms with E-state index in [1.54, 1.807) is 12.1 Å². The van der Waals surface area contributed by atoms with Crippen LogP contribution in [0.1, 0.15) is 48.5 Å². The summed E-state index contributed by atoms with van der Waals surface area (Å²) in [5.74, 6) is -0.341. The minimum atomic E-state index is -0.455. The topological polar surface area (TPSA) is 94.7 Å². The van der Waals surface area contributed by atoms with Gasteiger partial charge in [-0.25, -0.2) is 15.6 Å². The lowest BCUT2D eigenvalue weighted by Gasteiger charge is -2.35. The predicted molar refractivity (Wildman–Crippen MR) is 103 cm³/mol. The lowest BCUT2D eigenvalue weighted by atomic mass is 9.99. The lowest BCUT2D eigenvalue weighted by molar-refractivity contribution is -0.119. The largest absolute Gasteiger partial charge is 0.465 e. The maximum atomic E-state index is 12.7. The third-order valence-corrected chi connectivity index (χ3v) is 5.17. The van der Waals surface area contributed by atoms with Crippen molar-refractivity contribution in [2.24, 2.45) is 0 Å². The van der Waals surface area contributed by atoms with Gasteiger partial charge in [0, 0.05) is 19.8 Å². The van der Waals surface area contributed by atoms with Gasteiger partial charge in [-0.1, -0.05) is 19.9 Å². The Kier molecular flexibility index (Phi) is 6.43. The van der Waals surface area contributed by atoms with Crippen molar-refractivity contribution in [1.29, 1.82) is 0 Å². The second-order valence-electron chi connectivity index (χ2n) is 7.35. The van der Waals surface area contributed by atoms with Gasteiger partial charge in [-0.3, -0.25) is 9.69 Å². The minimum absolute atomic E-state index is 0.164. The van der Waals surface area contributed by atoms with E-state index in [-0.39, 0.29) is 24.0 Å². The van der Waals surface area contributed by atoms with E-state index in [0.29, 0.717) is 11.3 Å². The van der Waals surface area contributed by atoms with Gasteiger partial charge < -0.3 is 15.4 Å². The molecule has 8 nitrogen and oxygen atoms in total. The smallest absolute Gasteiger partial charge is 0.339 e. The van der Waals surface area contributed by atoms with Gasteiger partial charge in [-0.05, 0) is 36.5 Å². The van der Waals surface area contributed by atoms with Crippen LogP contribution in [0.25, 0.3) is 0 Å². The van der Waals surface area contributed by atoms with Crippen molar-refractivity contribution in [2.45, 2.75) is 44.8 Å². The van der Waals surface area contributed by atoms with Gasteiger partial charge in [-0.15, -0.1) is 0 Å². The molecule has 1 aromatic carbocycles. The van der Waals surface area contributed by atoms with Crippen LogP contribution in [0.15, 0.2) is 18.2 Å². The molecular formula is C19H29N5O3. The minimum Gasteiger partial charge on any atom is -0.465 e. The average molecular weight is 375 g/mol. The molecule has 2 saturated heterocycles. The monoisotopic (exact) mass is 375 g/mol. The maximum absolute atomic E-state index is 12.7. The van der Waals surface area contributed by atoms with E-state index in [9.17, 15) is 9.59 Å². The Labute approximate surface area is 160 Å². The maximum Gasteiger partial charge on any atom is 0.339 e. The van der Waals surface area contributed by atoms with Gasteiger partial charge in [0.15, 0.2) is 0 Å². The standard InChI is InChI=1S/C19H29N5O3/c1-12(2)13-4-5-15(14(10-13)19(26)27-3)21-18(25)16-6-7-17(23-22-16)24-9-8-20-11-24/h4-5,10,12,16-17,20,22-23H,6-9,11H2,1-3H3,(H,21,25). The third-order valence-electron chi connectivity index (χ3n) is 5.17. The Bertz CT molecular complexity index is 680. The molecule has 8 heteroatoms. The highest BCUT2D eigenvalue weighted by atomic mass is 16.5. The second kappa shape index (κ2) is 8.79. The SMILES string of the molecule is COC(=O)c1cc(C(C)C)ccc1NC(=O)C1CCC(N2CCNC2)NN1. The van der Waals surface area contributed by atoms with Gasteiger partial charge >= 0.3 is 5.97 Å². The first-order valence-electron chi connectivity index (χ1n) is 9.48. The quantitative estimate of drug-likeness (QED) is 0.570. The third kappa shape index (κ3) is 4.65. The highest BCUT2D eigenvalue weighted by Crippen LogP contribution is 2.24. The number of rotatable bonds is 5. The van der Waals surface area contributed by atoms with Crippen molar-refractivity contribution in [2.75, 3.05) is 32.2 Å². The number of carbonyl (C=O) groups excluding carboxylic acids is 2. The molecule has 27 heavy (non-hydrogen) atoms. The van der Waals surface area contributed by atoms with Crippen LogP contribution in [-0.2, 0) is 9.53 Å². The number of hydrazine groups is 1. The summed E-state index contributed by atoms with van der Waals surface area (Å²) in [5, 5.41) is 6.18. The highest BCUT2D eigenvalue weighted by Gasteiger charge is 2.30. The molecule has 2 aliphatic heterocycles. The first-order valence-corrected chi connectivity index (χ1v) is 9.48. The summed E-state index contributed by atoms with van der Waals surface area (Å²) in [6, 6.07) is 5.13. The van der Waals surface area contributed by atoms with Crippen molar-refractivity contribution in [1.82, 2.24) is 21.1 Å². The zero-order chi connectivity index (χ0) is 19.4. The molecule has 0 saturated carbocycles. The molecule has 2 unspecified atom stereocenters. The Morgan fingerprint density at radius 3 is 2.67 bits per heavy atom. The fraction of sp³-hybridized carbons (Fsp3) is 0.579. The van der Waals surface area contributed by atoms with E-state index in [1.165, 1.54) is 7.11 Å². The van der Waals surface area contributed by atoms with E-state index in [4.69, 9.17) is 4.74 Å². The highest BCUT2D eigenvalue weighted by molar-refractivity contribution is 6.02. The molecule has 1 amide bonds. The van der Waals surface area contributed by atoms with E-state index in [0.717, 1.165) is 38.2 Å².